The summed E-state index contributed by atoms with van der Waals surface area (Å²) in [5.74, 6) is 0.983. The average Bonchev–Trinajstić information content (AvgIpc) is 2.73. The second-order valence-corrected chi connectivity index (χ2v) is 6.37. The van der Waals surface area contributed by atoms with Crippen molar-refractivity contribution >= 4 is 28.9 Å². The largest absolute Gasteiger partial charge is 0.493 e. The third-order valence-corrected chi connectivity index (χ3v) is 4.28. The lowest BCUT2D eigenvalue weighted by Gasteiger charge is -2.11. The quantitative estimate of drug-likeness (QED) is 0.617. The third kappa shape index (κ3) is 4.92. The summed E-state index contributed by atoms with van der Waals surface area (Å²) in [5, 5.41) is 6.74. The van der Waals surface area contributed by atoms with Crippen molar-refractivity contribution in [3.8, 4) is 11.5 Å². The summed E-state index contributed by atoms with van der Waals surface area (Å²) in [6, 6.07) is 16.3. The minimum absolute atomic E-state index is 0.269. The predicted octanol–water partition coefficient (Wildman–Crippen LogP) is 4.43. The number of nitrogens with one attached hydrogen (secondary N) is 2. The number of methoxy groups -OCH3 is 2. The number of rotatable bonds is 7. The van der Waals surface area contributed by atoms with Crippen molar-refractivity contribution in [3.63, 3.8) is 0 Å². The van der Waals surface area contributed by atoms with Crippen molar-refractivity contribution in [3.05, 3.63) is 77.1 Å². The van der Waals surface area contributed by atoms with E-state index in [2.05, 4.69) is 15.6 Å². The molecule has 0 atom stereocenters. The maximum Gasteiger partial charge on any atom is 0.270 e. The van der Waals surface area contributed by atoms with E-state index in [1.165, 1.54) is 0 Å². The van der Waals surface area contributed by atoms with Gasteiger partial charge in [-0.1, -0.05) is 17.7 Å². The fourth-order valence-electron chi connectivity index (χ4n) is 2.60. The molecule has 0 radical (unpaired) electrons. The summed E-state index contributed by atoms with van der Waals surface area (Å²) >= 11 is 5.90. The smallest absolute Gasteiger partial charge is 0.270 e. The van der Waals surface area contributed by atoms with Crippen LogP contribution in [0.1, 0.15) is 16.1 Å². The van der Waals surface area contributed by atoms with Crippen molar-refractivity contribution in [2.24, 2.45) is 0 Å². The summed E-state index contributed by atoms with van der Waals surface area (Å²) in [7, 11) is 3.15. The van der Waals surface area contributed by atoms with Crippen molar-refractivity contribution in [2.45, 2.75) is 6.54 Å². The van der Waals surface area contributed by atoms with Crippen LogP contribution < -0.4 is 20.1 Å². The molecule has 2 aromatic carbocycles. The summed E-state index contributed by atoms with van der Waals surface area (Å²) in [6.07, 6.45) is 1.59. The molecule has 3 aromatic rings. The zero-order valence-electron chi connectivity index (χ0n) is 15.5. The van der Waals surface area contributed by atoms with E-state index < -0.39 is 0 Å². The Morgan fingerprint density at radius 3 is 2.43 bits per heavy atom. The first kappa shape index (κ1) is 19.5. The molecule has 0 bridgehead atoms. The minimum atomic E-state index is -0.269. The first-order valence-electron chi connectivity index (χ1n) is 8.57. The average molecular weight is 398 g/mol. The lowest BCUT2D eigenvalue weighted by molar-refractivity contribution is 0.0946. The Balaban J connectivity index is 1.65. The van der Waals surface area contributed by atoms with Crippen molar-refractivity contribution in [2.75, 3.05) is 19.5 Å². The molecule has 1 heterocycles. The number of amides is 1. The predicted molar refractivity (Wildman–Crippen MR) is 110 cm³/mol. The topological polar surface area (TPSA) is 72.5 Å². The number of halogens is 1. The molecular weight excluding hydrogens is 378 g/mol. The SMILES string of the molecule is COc1ccc(CNC(=O)c2cc(Nc3ccc(Cl)cc3)ccn2)cc1OC. The molecule has 0 fully saturated rings. The zero-order chi connectivity index (χ0) is 19.9. The molecule has 0 spiro atoms. The van der Waals surface area contributed by atoms with Gasteiger partial charge in [-0.25, -0.2) is 0 Å². The van der Waals surface area contributed by atoms with Gasteiger partial charge in [0.15, 0.2) is 11.5 Å². The Labute approximate surface area is 168 Å². The maximum absolute atomic E-state index is 12.5. The minimum Gasteiger partial charge on any atom is -0.493 e. The molecule has 0 aliphatic carbocycles. The van der Waals surface area contributed by atoms with Gasteiger partial charge in [-0.15, -0.1) is 0 Å². The molecule has 6 nitrogen and oxygen atoms in total. The number of ether oxygens (including phenoxy) is 2. The Hall–Kier alpha value is -3.25. The van der Waals surface area contributed by atoms with E-state index in [4.69, 9.17) is 21.1 Å². The van der Waals surface area contributed by atoms with Gasteiger partial charge in [0, 0.05) is 29.1 Å². The van der Waals surface area contributed by atoms with Crippen LogP contribution in [0.3, 0.4) is 0 Å². The Kier molecular flexibility index (Phi) is 6.34. The Morgan fingerprint density at radius 2 is 1.71 bits per heavy atom. The third-order valence-electron chi connectivity index (χ3n) is 4.03. The van der Waals surface area contributed by atoms with E-state index in [1.807, 2.05) is 24.3 Å². The van der Waals surface area contributed by atoms with E-state index in [1.54, 1.807) is 50.7 Å². The first-order chi connectivity index (χ1) is 13.6. The number of carbonyl (C=O) groups is 1. The monoisotopic (exact) mass is 397 g/mol. The standard InChI is InChI=1S/C21H20ClN3O3/c1-27-19-8-3-14(11-20(19)28-2)13-24-21(26)18-12-17(9-10-23-18)25-16-6-4-15(22)5-7-16/h3-12H,13H2,1-2H3,(H,23,25)(H,24,26). The molecule has 28 heavy (non-hydrogen) atoms. The number of hydrogen-bond donors (Lipinski definition) is 2. The lowest BCUT2D eigenvalue weighted by atomic mass is 10.2. The van der Waals surface area contributed by atoms with E-state index in [0.29, 0.717) is 28.8 Å². The second-order valence-electron chi connectivity index (χ2n) is 5.93. The highest BCUT2D eigenvalue weighted by molar-refractivity contribution is 6.30. The van der Waals surface area contributed by atoms with Crippen molar-refractivity contribution < 1.29 is 14.3 Å². The number of carbonyl (C=O) groups excluding carboxylic acids is 1. The molecular formula is C21H20ClN3O3. The van der Waals surface area contributed by atoms with Gasteiger partial charge >= 0.3 is 0 Å². The van der Waals surface area contributed by atoms with Gasteiger partial charge in [-0.3, -0.25) is 9.78 Å². The van der Waals surface area contributed by atoms with Gasteiger partial charge in [0.1, 0.15) is 5.69 Å². The molecule has 3 rings (SSSR count). The molecule has 0 unspecified atom stereocenters. The molecule has 7 heteroatoms. The lowest BCUT2D eigenvalue weighted by Crippen LogP contribution is -2.23. The van der Waals surface area contributed by atoms with Gasteiger partial charge in [0.2, 0.25) is 0 Å². The van der Waals surface area contributed by atoms with Crippen LogP contribution in [0.2, 0.25) is 5.02 Å². The van der Waals surface area contributed by atoms with Crippen molar-refractivity contribution in [1.29, 1.82) is 0 Å². The molecule has 0 aliphatic heterocycles. The van der Waals surface area contributed by atoms with Crippen LogP contribution in [0.15, 0.2) is 60.8 Å². The van der Waals surface area contributed by atoms with E-state index in [9.17, 15) is 4.79 Å². The maximum atomic E-state index is 12.5. The Morgan fingerprint density at radius 1 is 0.964 bits per heavy atom. The second kappa shape index (κ2) is 9.10. The van der Waals surface area contributed by atoms with E-state index in [-0.39, 0.29) is 5.91 Å². The summed E-state index contributed by atoms with van der Waals surface area (Å²) < 4.78 is 10.5. The Bertz CT molecular complexity index is 961. The van der Waals surface area contributed by atoms with E-state index in [0.717, 1.165) is 16.9 Å². The summed E-state index contributed by atoms with van der Waals surface area (Å²) in [4.78, 5) is 16.6. The molecule has 2 N–H and O–H groups in total. The molecule has 0 saturated carbocycles. The van der Waals surface area contributed by atoms with Crippen molar-refractivity contribution in [1.82, 2.24) is 10.3 Å². The zero-order valence-corrected chi connectivity index (χ0v) is 16.3. The highest BCUT2D eigenvalue weighted by Gasteiger charge is 2.10. The summed E-state index contributed by atoms with van der Waals surface area (Å²) in [5.41, 5.74) is 2.83. The first-order valence-corrected chi connectivity index (χ1v) is 8.94. The highest BCUT2D eigenvalue weighted by atomic mass is 35.5. The van der Waals surface area contributed by atoms with Crippen LogP contribution in [-0.2, 0) is 6.54 Å². The fourth-order valence-corrected chi connectivity index (χ4v) is 2.72. The molecule has 0 aliphatic rings. The number of pyridine rings is 1. The number of anilines is 2. The molecule has 1 amide bonds. The van der Waals surface area contributed by atoms with Gasteiger partial charge in [-0.05, 0) is 54.1 Å². The van der Waals surface area contributed by atoms with Crippen LogP contribution >= 0.6 is 11.6 Å². The van der Waals surface area contributed by atoms with Gasteiger partial charge in [-0.2, -0.15) is 0 Å². The molecule has 1 aromatic heterocycles. The van der Waals surface area contributed by atoms with E-state index >= 15 is 0 Å². The van der Waals surface area contributed by atoms with Gasteiger partial charge in [0.05, 0.1) is 14.2 Å². The van der Waals surface area contributed by atoms with Crippen LogP contribution in [0.4, 0.5) is 11.4 Å². The van der Waals surface area contributed by atoms with Gasteiger partial charge < -0.3 is 20.1 Å². The summed E-state index contributed by atoms with van der Waals surface area (Å²) in [6.45, 7) is 0.343. The normalized spacial score (nSPS) is 10.2. The highest BCUT2D eigenvalue weighted by Crippen LogP contribution is 2.27. The molecule has 144 valence electrons. The number of hydrogen-bond acceptors (Lipinski definition) is 5. The number of aromatic nitrogens is 1. The molecule has 0 saturated heterocycles. The van der Waals surface area contributed by atoms with Crippen LogP contribution in [0.5, 0.6) is 11.5 Å². The number of nitrogens with zero attached hydrogens (tertiary/aromatic N) is 1. The van der Waals surface area contributed by atoms with Gasteiger partial charge in [0.25, 0.3) is 5.91 Å². The van der Waals surface area contributed by atoms with Crippen LogP contribution in [-0.4, -0.2) is 25.1 Å². The van der Waals surface area contributed by atoms with Crippen LogP contribution in [0, 0.1) is 0 Å². The number of benzene rings is 2. The fraction of sp³-hybridized carbons (Fsp3) is 0.143. The van der Waals surface area contributed by atoms with Crippen LogP contribution in [0.25, 0.3) is 0 Å².